The molecule has 2 aliphatic carbocycles. The highest BCUT2D eigenvalue weighted by molar-refractivity contribution is 5.64. The maximum atomic E-state index is 13.0. The molecule has 0 amide bonds. The molecule has 23 heavy (non-hydrogen) atoms. The topological polar surface area (TPSA) is 72.5 Å². The third kappa shape index (κ3) is 3.12. The Hall–Kier alpha value is -2.21. The molecule has 0 aromatic carbocycles. The Kier molecular flexibility index (Phi) is 4.17. The van der Waals surface area contributed by atoms with Gasteiger partial charge in [-0.25, -0.2) is 13.8 Å². The van der Waals surface area contributed by atoms with Crippen LogP contribution in [-0.4, -0.2) is 16.9 Å². The maximum Gasteiger partial charge on any atom is 0.252 e. The second-order valence-corrected chi connectivity index (χ2v) is 6.38. The zero-order chi connectivity index (χ0) is 16.4. The molecule has 1 saturated carbocycles. The monoisotopic (exact) mass is 316 g/mol. The van der Waals surface area contributed by atoms with Crippen LogP contribution in [0.4, 0.5) is 14.6 Å². The fourth-order valence-corrected chi connectivity index (χ4v) is 3.39. The number of aryl methyl sites for hydroxylation is 1. The average Bonchev–Trinajstić information content (AvgIpc) is 2.45. The van der Waals surface area contributed by atoms with Crippen LogP contribution in [0.1, 0.15) is 60.9 Å². The lowest BCUT2D eigenvalue weighted by Crippen LogP contribution is -2.44. The molecule has 6 heteroatoms. The number of nitrogens with one attached hydrogen (secondary N) is 1. The second-order valence-electron chi connectivity index (χ2n) is 6.38. The lowest BCUT2D eigenvalue weighted by molar-refractivity contribution is -0.0794. The van der Waals surface area contributed by atoms with Crippen LogP contribution >= 0.6 is 0 Å². The van der Waals surface area contributed by atoms with Gasteiger partial charge in [0.05, 0.1) is 5.56 Å². The Labute approximate surface area is 134 Å². The van der Waals surface area contributed by atoms with Gasteiger partial charge in [0.25, 0.3) is 5.92 Å². The Bertz CT molecular complexity index is 692. The van der Waals surface area contributed by atoms with E-state index in [9.17, 15) is 19.3 Å². The molecule has 1 aromatic heterocycles. The Morgan fingerprint density at radius 3 is 2.26 bits per heavy atom. The van der Waals surface area contributed by atoms with E-state index in [1.165, 1.54) is 0 Å². The van der Waals surface area contributed by atoms with Gasteiger partial charge in [-0.15, -0.1) is 0 Å². The SMILES string of the molecule is N#Cc1c(NC2CC(F)(F)C2)nc2c(c1C#N)CCCCCC2. The first-order chi connectivity index (χ1) is 11.0. The summed E-state index contributed by atoms with van der Waals surface area (Å²) in [5, 5.41) is 21.9. The largest absolute Gasteiger partial charge is 0.366 e. The van der Waals surface area contributed by atoms with Gasteiger partial charge in [-0.3, -0.25) is 0 Å². The van der Waals surface area contributed by atoms with E-state index in [-0.39, 0.29) is 24.4 Å². The highest BCUT2D eigenvalue weighted by Gasteiger charge is 2.45. The molecule has 0 saturated heterocycles. The number of pyridine rings is 1. The number of alkyl halides is 2. The average molecular weight is 316 g/mol. The van der Waals surface area contributed by atoms with E-state index in [1.807, 2.05) is 6.07 Å². The zero-order valence-electron chi connectivity index (χ0n) is 12.8. The summed E-state index contributed by atoms with van der Waals surface area (Å²) >= 11 is 0. The fourth-order valence-electron chi connectivity index (χ4n) is 3.39. The first kappa shape index (κ1) is 15.7. The van der Waals surface area contributed by atoms with Gasteiger partial charge in [0.2, 0.25) is 0 Å². The van der Waals surface area contributed by atoms with Crippen molar-refractivity contribution >= 4 is 5.82 Å². The minimum absolute atomic E-state index is 0.196. The molecule has 120 valence electrons. The van der Waals surface area contributed by atoms with E-state index in [0.717, 1.165) is 49.8 Å². The predicted octanol–water partition coefficient (Wildman–Crippen LogP) is 3.69. The van der Waals surface area contributed by atoms with Gasteiger partial charge in [-0.1, -0.05) is 12.8 Å². The van der Waals surface area contributed by atoms with E-state index < -0.39 is 5.92 Å². The van der Waals surface area contributed by atoms with Crippen molar-refractivity contribution in [2.45, 2.75) is 63.3 Å². The molecule has 4 nitrogen and oxygen atoms in total. The molecular weight excluding hydrogens is 298 g/mol. The number of rotatable bonds is 2. The van der Waals surface area contributed by atoms with Crippen LogP contribution in [0.15, 0.2) is 0 Å². The predicted molar refractivity (Wildman–Crippen MR) is 81.1 cm³/mol. The van der Waals surface area contributed by atoms with Crippen LogP contribution in [0, 0.1) is 22.7 Å². The molecule has 1 N–H and O–H groups in total. The molecular formula is C17H18F2N4. The molecule has 0 aliphatic heterocycles. The third-order valence-corrected chi connectivity index (χ3v) is 4.63. The number of nitriles is 2. The first-order valence-electron chi connectivity index (χ1n) is 8.04. The van der Waals surface area contributed by atoms with Crippen LogP contribution in [0.5, 0.6) is 0 Å². The molecule has 1 aromatic rings. The molecule has 0 spiro atoms. The number of aromatic nitrogens is 1. The van der Waals surface area contributed by atoms with E-state index in [4.69, 9.17) is 0 Å². The molecule has 3 rings (SSSR count). The summed E-state index contributed by atoms with van der Waals surface area (Å²) in [6.07, 6.45) is 5.24. The number of hydrogen-bond donors (Lipinski definition) is 1. The summed E-state index contributed by atoms with van der Waals surface area (Å²) in [7, 11) is 0. The number of hydrogen-bond acceptors (Lipinski definition) is 4. The van der Waals surface area contributed by atoms with Crippen molar-refractivity contribution in [3.05, 3.63) is 22.4 Å². The van der Waals surface area contributed by atoms with Crippen molar-refractivity contribution in [1.29, 1.82) is 10.5 Å². The molecule has 0 radical (unpaired) electrons. The van der Waals surface area contributed by atoms with E-state index in [1.54, 1.807) is 0 Å². The zero-order valence-corrected chi connectivity index (χ0v) is 12.8. The molecule has 1 heterocycles. The molecule has 2 aliphatic rings. The first-order valence-corrected chi connectivity index (χ1v) is 8.04. The van der Waals surface area contributed by atoms with Gasteiger partial charge >= 0.3 is 0 Å². The summed E-state index contributed by atoms with van der Waals surface area (Å²) in [5.74, 6) is -2.34. The van der Waals surface area contributed by atoms with E-state index in [0.29, 0.717) is 11.4 Å². The summed E-state index contributed by atoms with van der Waals surface area (Å²) in [6.45, 7) is 0. The van der Waals surface area contributed by atoms with Crippen LogP contribution in [0.25, 0.3) is 0 Å². The van der Waals surface area contributed by atoms with Crippen LogP contribution < -0.4 is 5.32 Å². The van der Waals surface area contributed by atoms with Crippen molar-refractivity contribution in [1.82, 2.24) is 4.98 Å². The Morgan fingerprint density at radius 2 is 1.65 bits per heavy atom. The normalized spacial score (nSPS) is 20.2. The van der Waals surface area contributed by atoms with Gasteiger partial charge in [0.15, 0.2) is 0 Å². The van der Waals surface area contributed by atoms with Gasteiger partial charge < -0.3 is 5.32 Å². The summed E-state index contributed by atoms with van der Waals surface area (Å²) in [4.78, 5) is 4.53. The summed E-state index contributed by atoms with van der Waals surface area (Å²) in [5.41, 5.74) is 2.28. The second kappa shape index (κ2) is 6.12. The highest BCUT2D eigenvalue weighted by atomic mass is 19.3. The Balaban J connectivity index is 1.97. The standard InChI is InChI=1S/C17H18F2N4/c18-17(19)7-11(8-17)22-16-14(10-21)13(9-20)12-5-3-1-2-4-6-15(12)23-16/h11H,1-8H2,(H,22,23). The number of fused-ring (bicyclic) bond motifs is 1. The number of halogens is 2. The van der Waals surface area contributed by atoms with Gasteiger partial charge in [0, 0.05) is 24.6 Å². The van der Waals surface area contributed by atoms with Crippen molar-refractivity contribution in [3.8, 4) is 12.1 Å². The lowest BCUT2D eigenvalue weighted by atomic mass is 9.87. The number of nitrogens with zero attached hydrogens (tertiary/aromatic N) is 3. The minimum atomic E-state index is -2.63. The van der Waals surface area contributed by atoms with Crippen molar-refractivity contribution in [2.75, 3.05) is 5.32 Å². The minimum Gasteiger partial charge on any atom is -0.366 e. The van der Waals surface area contributed by atoms with E-state index in [2.05, 4.69) is 16.4 Å². The van der Waals surface area contributed by atoms with Gasteiger partial charge in [0.1, 0.15) is 23.5 Å². The van der Waals surface area contributed by atoms with Gasteiger partial charge in [-0.05, 0) is 31.2 Å². The van der Waals surface area contributed by atoms with Crippen LogP contribution in [0.3, 0.4) is 0 Å². The fraction of sp³-hybridized carbons (Fsp3) is 0.588. The maximum absolute atomic E-state index is 13.0. The quantitative estimate of drug-likeness (QED) is 0.903. The van der Waals surface area contributed by atoms with Crippen LogP contribution in [0.2, 0.25) is 0 Å². The van der Waals surface area contributed by atoms with E-state index >= 15 is 0 Å². The van der Waals surface area contributed by atoms with Crippen molar-refractivity contribution in [2.24, 2.45) is 0 Å². The smallest absolute Gasteiger partial charge is 0.252 e. The third-order valence-electron chi connectivity index (χ3n) is 4.63. The molecule has 0 bridgehead atoms. The lowest BCUT2D eigenvalue weighted by Gasteiger charge is -2.36. The number of anilines is 1. The van der Waals surface area contributed by atoms with Gasteiger partial charge in [-0.2, -0.15) is 10.5 Å². The molecule has 0 unspecified atom stereocenters. The van der Waals surface area contributed by atoms with Crippen LogP contribution in [-0.2, 0) is 12.8 Å². The van der Waals surface area contributed by atoms with Crippen molar-refractivity contribution < 1.29 is 8.78 Å². The molecule has 0 atom stereocenters. The highest BCUT2D eigenvalue weighted by Crippen LogP contribution is 2.39. The summed E-state index contributed by atoms with van der Waals surface area (Å²) in [6, 6.07) is 3.79. The molecule has 1 fully saturated rings. The van der Waals surface area contributed by atoms with Crippen molar-refractivity contribution in [3.63, 3.8) is 0 Å². The summed E-state index contributed by atoms with van der Waals surface area (Å²) < 4.78 is 26.0. The Morgan fingerprint density at radius 1 is 1.00 bits per heavy atom.